The van der Waals surface area contributed by atoms with Gasteiger partial charge in [0.25, 0.3) is 5.91 Å². The van der Waals surface area contributed by atoms with E-state index in [0.717, 1.165) is 11.8 Å². The first kappa shape index (κ1) is 16.4. The lowest BCUT2D eigenvalue weighted by Gasteiger charge is -2.16. The first-order chi connectivity index (χ1) is 11.3. The molecule has 1 aliphatic heterocycles. The van der Waals surface area contributed by atoms with E-state index in [-0.39, 0.29) is 11.7 Å². The summed E-state index contributed by atoms with van der Waals surface area (Å²) in [6, 6.07) is 9.38. The summed E-state index contributed by atoms with van der Waals surface area (Å²) in [4.78, 5) is 12.3. The number of aryl methyl sites for hydroxylation is 1. The molecule has 7 heteroatoms. The quantitative estimate of drug-likeness (QED) is 0.927. The molecule has 1 aliphatic rings. The normalized spacial score (nSPS) is 13.7. The van der Waals surface area contributed by atoms with Crippen molar-refractivity contribution < 1.29 is 17.6 Å². The minimum absolute atomic E-state index is 0.362. The number of sulfonamides is 1. The van der Waals surface area contributed by atoms with E-state index >= 15 is 0 Å². The van der Waals surface area contributed by atoms with Crippen LogP contribution in [0.1, 0.15) is 21.5 Å². The van der Waals surface area contributed by atoms with Crippen molar-refractivity contribution in [3.63, 3.8) is 0 Å². The topological polar surface area (TPSA) is 66.5 Å². The molecule has 3 rings (SSSR count). The van der Waals surface area contributed by atoms with Gasteiger partial charge in [-0.1, -0.05) is 6.07 Å². The van der Waals surface area contributed by atoms with Gasteiger partial charge in [-0.25, -0.2) is 12.8 Å². The van der Waals surface area contributed by atoms with Gasteiger partial charge in [0.2, 0.25) is 10.0 Å². The Morgan fingerprint density at radius 2 is 1.96 bits per heavy atom. The monoisotopic (exact) mass is 348 g/mol. The number of carbonyl (C=O) groups excluding carboxylic acids is 1. The molecule has 24 heavy (non-hydrogen) atoms. The molecule has 0 saturated carbocycles. The van der Waals surface area contributed by atoms with E-state index in [4.69, 9.17) is 0 Å². The van der Waals surface area contributed by atoms with Crippen molar-refractivity contribution in [2.24, 2.45) is 0 Å². The van der Waals surface area contributed by atoms with E-state index in [0.29, 0.717) is 35.5 Å². The van der Waals surface area contributed by atoms with Crippen molar-refractivity contribution >= 4 is 27.3 Å². The molecule has 2 aromatic rings. The van der Waals surface area contributed by atoms with Crippen molar-refractivity contribution in [3.05, 3.63) is 58.9 Å². The number of hydrogen-bond acceptors (Lipinski definition) is 3. The van der Waals surface area contributed by atoms with Crippen LogP contribution in [0.4, 0.5) is 15.8 Å². The third kappa shape index (κ3) is 3.12. The highest BCUT2D eigenvalue weighted by molar-refractivity contribution is 7.92. The largest absolute Gasteiger partial charge is 0.322 e. The third-order valence-corrected chi connectivity index (χ3v) is 5.20. The zero-order valence-electron chi connectivity index (χ0n) is 13.3. The van der Waals surface area contributed by atoms with Crippen LogP contribution in [-0.2, 0) is 16.4 Å². The Morgan fingerprint density at radius 3 is 2.62 bits per heavy atom. The number of carbonyl (C=O) groups is 1. The van der Waals surface area contributed by atoms with Crippen LogP contribution in [0.3, 0.4) is 0 Å². The summed E-state index contributed by atoms with van der Waals surface area (Å²) in [5, 5.41) is 2.65. The molecule has 1 amide bonds. The number of hydrogen-bond donors (Lipinski definition) is 1. The smallest absolute Gasteiger partial charge is 0.255 e. The summed E-state index contributed by atoms with van der Waals surface area (Å²) in [6.45, 7) is 2.03. The SMILES string of the molecule is Cc1ccc(NC(=O)c2ccc3c(c2)CCN3S(C)(=O)=O)cc1F. The molecule has 1 N–H and O–H groups in total. The van der Waals surface area contributed by atoms with E-state index in [9.17, 15) is 17.6 Å². The number of anilines is 2. The summed E-state index contributed by atoms with van der Waals surface area (Å²) < 4.78 is 38.3. The Morgan fingerprint density at radius 1 is 1.21 bits per heavy atom. The van der Waals surface area contributed by atoms with Gasteiger partial charge in [-0.05, 0) is 54.8 Å². The maximum atomic E-state index is 13.6. The van der Waals surface area contributed by atoms with Crippen LogP contribution in [0.25, 0.3) is 0 Å². The molecule has 5 nitrogen and oxygen atoms in total. The van der Waals surface area contributed by atoms with Gasteiger partial charge in [-0.3, -0.25) is 9.10 Å². The number of fused-ring (bicyclic) bond motifs is 1. The fraction of sp³-hybridized carbons (Fsp3) is 0.235. The molecule has 0 spiro atoms. The van der Waals surface area contributed by atoms with E-state index in [1.165, 1.54) is 10.4 Å². The summed E-state index contributed by atoms with van der Waals surface area (Å²) in [5.41, 5.74) is 2.71. The number of halogens is 1. The summed E-state index contributed by atoms with van der Waals surface area (Å²) in [7, 11) is -3.32. The second-order valence-corrected chi connectivity index (χ2v) is 7.75. The van der Waals surface area contributed by atoms with Crippen molar-refractivity contribution in [1.82, 2.24) is 0 Å². The molecule has 2 aromatic carbocycles. The minimum atomic E-state index is -3.32. The second-order valence-electron chi connectivity index (χ2n) is 5.85. The first-order valence-electron chi connectivity index (χ1n) is 7.44. The van der Waals surface area contributed by atoms with Gasteiger partial charge < -0.3 is 5.32 Å². The fourth-order valence-electron chi connectivity index (χ4n) is 2.73. The molecule has 0 fully saturated rings. The molecular formula is C17H17FN2O3S. The highest BCUT2D eigenvalue weighted by Gasteiger charge is 2.26. The van der Waals surface area contributed by atoms with Crippen molar-refractivity contribution in [2.75, 3.05) is 22.4 Å². The van der Waals surface area contributed by atoms with E-state index in [1.54, 1.807) is 37.3 Å². The Bertz CT molecular complexity index is 925. The van der Waals surface area contributed by atoms with Crippen LogP contribution in [0.2, 0.25) is 0 Å². The molecule has 1 heterocycles. The number of nitrogens with zero attached hydrogens (tertiary/aromatic N) is 1. The number of benzene rings is 2. The lowest BCUT2D eigenvalue weighted by Crippen LogP contribution is -2.27. The predicted molar refractivity (Wildman–Crippen MR) is 91.4 cm³/mol. The molecule has 0 aromatic heterocycles. The maximum absolute atomic E-state index is 13.6. The average Bonchev–Trinajstić information content (AvgIpc) is 2.94. The van der Waals surface area contributed by atoms with Crippen LogP contribution in [0.15, 0.2) is 36.4 Å². The molecule has 0 unspecified atom stereocenters. The van der Waals surface area contributed by atoms with E-state index in [2.05, 4.69) is 5.32 Å². The first-order valence-corrected chi connectivity index (χ1v) is 9.29. The van der Waals surface area contributed by atoms with Crippen LogP contribution in [0, 0.1) is 12.7 Å². The molecule has 0 radical (unpaired) electrons. The molecule has 0 atom stereocenters. The molecule has 0 bridgehead atoms. The van der Waals surface area contributed by atoms with Gasteiger partial charge in [0.05, 0.1) is 11.9 Å². The highest BCUT2D eigenvalue weighted by atomic mass is 32.2. The predicted octanol–water partition coefficient (Wildman–Crippen LogP) is 2.71. The Hall–Kier alpha value is -2.41. The van der Waals surface area contributed by atoms with Gasteiger partial charge in [0.1, 0.15) is 5.82 Å². The van der Waals surface area contributed by atoms with Gasteiger partial charge in [0.15, 0.2) is 0 Å². The standard InChI is InChI=1S/C17H17FN2O3S/c1-11-3-5-14(10-15(11)18)19-17(21)13-4-6-16-12(9-13)7-8-20(16)24(2,22)23/h3-6,9-10H,7-8H2,1-2H3,(H,19,21). The molecular weight excluding hydrogens is 331 g/mol. The Kier molecular flexibility index (Phi) is 4.04. The van der Waals surface area contributed by atoms with Crippen LogP contribution in [0.5, 0.6) is 0 Å². The van der Waals surface area contributed by atoms with Gasteiger partial charge in [-0.2, -0.15) is 0 Å². The third-order valence-electron chi connectivity index (χ3n) is 4.02. The zero-order valence-corrected chi connectivity index (χ0v) is 14.2. The van der Waals surface area contributed by atoms with Crippen LogP contribution < -0.4 is 9.62 Å². The van der Waals surface area contributed by atoms with Gasteiger partial charge >= 0.3 is 0 Å². The van der Waals surface area contributed by atoms with E-state index in [1.807, 2.05) is 0 Å². The van der Waals surface area contributed by atoms with Crippen LogP contribution >= 0.6 is 0 Å². The maximum Gasteiger partial charge on any atom is 0.255 e. The van der Waals surface area contributed by atoms with Crippen molar-refractivity contribution in [1.29, 1.82) is 0 Å². The summed E-state index contributed by atoms with van der Waals surface area (Å²) in [6.07, 6.45) is 1.72. The van der Waals surface area contributed by atoms with E-state index < -0.39 is 10.0 Å². The van der Waals surface area contributed by atoms with Gasteiger partial charge in [-0.15, -0.1) is 0 Å². The summed E-state index contributed by atoms with van der Waals surface area (Å²) >= 11 is 0. The zero-order chi connectivity index (χ0) is 17.5. The molecule has 126 valence electrons. The molecule has 0 aliphatic carbocycles. The van der Waals surface area contributed by atoms with Crippen LogP contribution in [-0.4, -0.2) is 27.1 Å². The number of nitrogens with one attached hydrogen (secondary N) is 1. The van der Waals surface area contributed by atoms with Crippen molar-refractivity contribution in [3.8, 4) is 0 Å². The number of amides is 1. The Labute approximate surface area is 140 Å². The Balaban J connectivity index is 1.83. The summed E-state index contributed by atoms with van der Waals surface area (Å²) in [5.74, 6) is -0.746. The minimum Gasteiger partial charge on any atom is -0.322 e. The lowest BCUT2D eigenvalue weighted by atomic mass is 10.1. The lowest BCUT2D eigenvalue weighted by molar-refractivity contribution is 0.102. The van der Waals surface area contributed by atoms with Gasteiger partial charge in [0, 0.05) is 17.8 Å². The fourth-order valence-corrected chi connectivity index (χ4v) is 3.69. The second kappa shape index (κ2) is 5.90. The van der Waals surface area contributed by atoms with Crippen molar-refractivity contribution in [2.45, 2.75) is 13.3 Å². The number of rotatable bonds is 3. The molecule has 0 saturated heterocycles. The highest BCUT2D eigenvalue weighted by Crippen LogP contribution is 2.30. The average molecular weight is 348 g/mol.